The van der Waals surface area contributed by atoms with Gasteiger partial charge in [-0.3, -0.25) is 9.89 Å². The summed E-state index contributed by atoms with van der Waals surface area (Å²) < 4.78 is 24.3. The number of halogens is 1. The van der Waals surface area contributed by atoms with E-state index in [4.69, 9.17) is 15.2 Å². The average molecular weight is 436 g/mol. The number of hydrogen-bond acceptors (Lipinski definition) is 5. The maximum absolute atomic E-state index is 13.4. The molecule has 0 spiro atoms. The van der Waals surface area contributed by atoms with Crippen molar-refractivity contribution in [2.75, 3.05) is 59.0 Å². The van der Waals surface area contributed by atoms with E-state index in [-0.39, 0.29) is 18.0 Å². The molecule has 2 heterocycles. The van der Waals surface area contributed by atoms with Crippen LogP contribution >= 0.6 is 0 Å². The van der Waals surface area contributed by atoms with Crippen LogP contribution in [0.2, 0.25) is 0 Å². The molecule has 31 heavy (non-hydrogen) atoms. The van der Waals surface area contributed by atoms with Gasteiger partial charge in [-0.15, -0.1) is 0 Å². The van der Waals surface area contributed by atoms with Gasteiger partial charge in [0.2, 0.25) is 0 Å². The van der Waals surface area contributed by atoms with Crippen molar-refractivity contribution in [1.29, 1.82) is 0 Å². The zero-order chi connectivity index (χ0) is 22.4. The van der Waals surface area contributed by atoms with Crippen LogP contribution in [0.15, 0.2) is 29.3 Å². The molecule has 9 heteroatoms. The van der Waals surface area contributed by atoms with Crippen LogP contribution in [0.4, 0.5) is 9.18 Å². The monoisotopic (exact) mass is 435 g/mol. The van der Waals surface area contributed by atoms with Gasteiger partial charge >= 0.3 is 6.09 Å². The van der Waals surface area contributed by atoms with Gasteiger partial charge in [0.05, 0.1) is 25.8 Å². The molecule has 2 aliphatic rings. The Morgan fingerprint density at radius 2 is 1.68 bits per heavy atom. The average Bonchev–Trinajstić information content (AvgIpc) is 2.74. The molecule has 2 saturated heterocycles. The van der Waals surface area contributed by atoms with Crippen molar-refractivity contribution >= 4 is 12.1 Å². The minimum Gasteiger partial charge on any atom is -0.444 e. The molecule has 172 valence electrons. The summed E-state index contributed by atoms with van der Waals surface area (Å²) in [5.74, 6) is 0.208. The largest absolute Gasteiger partial charge is 0.444 e. The number of morpholine rings is 1. The molecule has 1 amide bonds. The zero-order valence-electron chi connectivity index (χ0n) is 18.7. The van der Waals surface area contributed by atoms with Crippen molar-refractivity contribution in [3.05, 3.63) is 35.6 Å². The molecule has 1 aromatic rings. The van der Waals surface area contributed by atoms with Crippen LogP contribution in [0.25, 0.3) is 0 Å². The van der Waals surface area contributed by atoms with E-state index < -0.39 is 5.60 Å². The van der Waals surface area contributed by atoms with Crippen LogP contribution in [0.3, 0.4) is 0 Å². The smallest absolute Gasteiger partial charge is 0.410 e. The van der Waals surface area contributed by atoms with Gasteiger partial charge < -0.3 is 25.0 Å². The number of aliphatic imine (C=N–C) groups is 1. The van der Waals surface area contributed by atoms with Crippen LogP contribution < -0.4 is 5.73 Å². The summed E-state index contributed by atoms with van der Waals surface area (Å²) in [6, 6.07) is 6.57. The number of rotatable bonds is 4. The second-order valence-electron chi connectivity index (χ2n) is 8.87. The Bertz CT molecular complexity index is 751. The van der Waals surface area contributed by atoms with Gasteiger partial charge in [0, 0.05) is 39.3 Å². The van der Waals surface area contributed by atoms with Gasteiger partial charge in [0.1, 0.15) is 11.4 Å². The molecule has 8 nitrogen and oxygen atoms in total. The second kappa shape index (κ2) is 10.3. The van der Waals surface area contributed by atoms with Crippen LogP contribution in [-0.4, -0.2) is 91.4 Å². The molecule has 0 radical (unpaired) electrons. The Kier molecular flexibility index (Phi) is 7.72. The summed E-state index contributed by atoms with van der Waals surface area (Å²) in [5, 5.41) is 0. The number of hydrogen-bond donors (Lipinski definition) is 1. The molecular weight excluding hydrogens is 401 g/mol. The highest BCUT2D eigenvalue weighted by molar-refractivity contribution is 5.78. The van der Waals surface area contributed by atoms with Crippen LogP contribution in [-0.2, 0) is 9.47 Å². The van der Waals surface area contributed by atoms with E-state index >= 15 is 0 Å². The Balaban J connectivity index is 1.60. The van der Waals surface area contributed by atoms with Gasteiger partial charge in [-0.1, -0.05) is 12.1 Å². The highest BCUT2D eigenvalue weighted by atomic mass is 19.1. The third kappa shape index (κ3) is 6.80. The van der Waals surface area contributed by atoms with Crippen molar-refractivity contribution in [3.63, 3.8) is 0 Å². The van der Waals surface area contributed by atoms with Crippen molar-refractivity contribution in [3.8, 4) is 0 Å². The fraction of sp³-hybridized carbons (Fsp3) is 0.636. The van der Waals surface area contributed by atoms with E-state index in [0.717, 1.165) is 18.7 Å². The summed E-state index contributed by atoms with van der Waals surface area (Å²) in [6.45, 7) is 11.3. The molecule has 1 unspecified atom stereocenters. The van der Waals surface area contributed by atoms with E-state index in [0.29, 0.717) is 51.9 Å². The maximum Gasteiger partial charge on any atom is 0.410 e. The first-order chi connectivity index (χ1) is 14.7. The third-order valence-electron chi connectivity index (χ3n) is 5.42. The second-order valence-corrected chi connectivity index (χ2v) is 8.87. The molecule has 0 aromatic heterocycles. The molecule has 2 fully saturated rings. The first-order valence-electron chi connectivity index (χ1n) is 10.8. The molecule has 0 bridgehead atoms. The van der Waals surface area contributed by atoms with Gasteiger partial charge in [0.15, 0.2) is 5.96 Å². The highest BCUT2D eigenvalue weighted by Gasteiger charge is 2.27. The number of ether oxygens (including phenoxy) is 2. The molecular formula is C22H34FN5O3. The van der Waals surface area contributed by atoms with E-state index in [1.54, 1.807) is 17.0 Å². The first-order valence-corrected chi connectivity index (χ1v) is 10.8. The quantitative estimate of drug-likeness (QED) is 0.576. The van der Waals surface area contributed by atoms with Crippen molar-refractivity contribution < 1.29 is 18.7 Å². The predicted molar refractivity (Wildman–Crippen MR) is 117 cm³/mol. The van der Waals surface area contributed by atoms with Gasteiger partial charge in [-0.25, -0.2) is 9.18 Å². The zero-order valence-corrected chi connectivity index (χ0v) is 18.7. The van der Waals surface area contributed by atoms with Crippen LogP contribution in [0.5, 0.6) is 0 Å². The highest BCUT2D eigenvalue weighted by Crippen LogP contribution is 2.23. The van der Waals surface area contributed by atoms with E-state index in [1.807, 2.05) is 25.7 Å². The van der Waals surface area contributed by atoms with Gasteiger partial charge in [-0.2, -0.15) is 0 Å². The number of guanidine groups is 1. The number of nitrogens with zero attached hydrogens (tertiary/aromatic N) is 4. The molecule has 1 atom stereocenters. The van der Waals surface area contributed by atoms with Crippen LogP contribution in [0, 0.1) is 5.82 Å². The number of piperazine rings is 1. The SMILES string of the molecule is CC(C)(C)OC(=O)N1CCN(C(N)=NCC(c2ccc(F)cc2)N2CCOCC2)CC1. The normalized spacial score (nSPS) is 19.9. The maximum atomic E-state index is 13.4. The lowest BCUT2D eigenvalue weighted by molar-refractivity contribution is 0.0172. The molecule has 1 aromatic carbocycles. The van der Waals surface area contributed by atoms with E-state index in [9.17, 15) is 9.18 Å². The topological polar surface area (TPSA) is 83.6 Å². The van der Waals surface area contributed by atoms with Crippen molar-refractivity contribution in [1.82, 2.24) is 14.7 Å². The van der Waals surface area contributed by atoms with E-state index in [2.05, 4.69) is 9.89 Å². The molecule has 3 rings (SSSR count). The fourth-order valence-corrected chi connectivity index (χ4v) is 3.73. The summed E-state index contributed by atoms with van der Waals surface area (Å²) in [5.41, 5.74) is 6.79. The van der Waals surface area contributed by atoms with Crippen LogP contribution in [0.1, 0.15) is 32.4 Å². The third-order valence-corrected chi connectivity index (χ3v) is 5.42. The molecule has 2 N–H and O–H groups in total. The van der Waals surface area contributed by atoms with Crippen molar-refractivity contribution in [2.45, 2.75) is 32.4 Å². The lowest BCUT2D eigenvalue weighted by atomic mass is 10.0. The lowest BCUT2D eigenvalue weighted by Gasteiger charge is -2.37. The minimum absolute atomic E-state index is 0.00565. The Hall–Kier alpha value is -2.39. The standard InChI is InChI=1S/C22H34FN5O3/c1-22(2,3)31-21(29)28-10-8-27(9-11-28)20(24)25-16-19(26-12-14-30-15-13-26)17-4-6-18(23)7-5-17/h4-7,19H,8-16H2,1-3H3,(H2,24,25). The predicted octanol–water partition coefficient (Wildman–Crippen LogP) is 2.07. The summed E-state index contributed by atoms with van der Waals surface area (Å²) in [7, 11) is 0. The molecule has 0 saturated carbocycles. The number of nitrogens with two attached hydrogens (primary N) is 1. The number of carbonyl (C=O) groups is 1. The molecule has 2 aliphatic heterocycles. The Morgan fingerprint density at radius 3 is 2.26 bits per heavy atom. The number of amides is 1. The molecule has 0 aliphatic carbocycles. The van der Waals surface area contributed by atoms with Gasteiger partial charge in [0.25, 0.3) is 0 Å². The fourth-order valence-electron chi connectivity index (χ4n) is 3.73. The summed E-state index contributed by atoms with van der Waals surface area (Å²) >= 11 is 0. The summed E-state index contributed by atoms with van der Waals surface area (Å²) in [6.07, 6.45) is -0.300. The van der Waals surface area contributed by atoms with E-state index in [1.165, 1.54) is 12.1 Å². The van der Waals surface area contributed by atoms with Crippen molar-refractivity contribution in [2.24, 2.45) is 10.7 Å². The first kappa shape index (κ1) is 23.3. The minimum atomic E-state index is -0.510. The Labute approximate surface area is 183 Å². The Morgan fingerprint density at radius 1 is 1.10 bits per heavy atom. The summed E-state index contributed by atoms with van der Waals surface area (Å²) in [4.78, 5) is 22.9. The number of benzene rings is 1. The lowest BCUT2D eigenvalue weighted by Crippen LogP contribution is -2.53. The number of carbonyl (C=O) groups excluding carboxylic acids is 1. The van der Waals surface area contributed by atoms with Gasteiger partial charge in [-0.05, 0) is 38.5 Å².